The van der Waals surface area contributed by atoms with Crippen molar-refractivity contribution in [3.05, 3.63) is 46.3 Å². The second kappa shape index (κ2) is 9.12. The van der Waals surface area contributed by atoms with Crippen LogP contribution in [0, 0.1) is 13.8 Å². The number of piperidine rings is 1. The Balaban J connectivity index is 1.42. The average molecular weight is 424 g/mol. The highest BCUT2D eigenvalue weighted by Crippen LogP contribution is 2.25. The Kier molecular flexibility index (Phi) is 6.30. The van der Waals surface area contributed by atoms with E-state index in [0.29, 0.717) is 25.9 Å². The Hall–Kier alpha value is -2.83. The first kappa shape index (κ1) is 21.4. The smallest absolute Gasteiger partial charge is 0.322 e. The predicted molar refractivity (Wildman–Crippen MR) is 121 cm³/mol. The molecule has 1 fully saturated rings. The van der Waals surface area contributed by atoms with Gasteiger partial charge in [0.2, 0.25) is 5.91 Å². The van der Waals surface area contributed by atoms with E-state index in [1.54, 1.807) is 0 Å². The molecule has 7 heteroatoms. The lowest BCUT2D eigenvalue weighted by Crippen LogP contribution is -2.39. The summed E-state index contributed by atoms with van der Waals surface area (Å²) in [5.41, 5.74) is 6.26. The fourth-order valence-electron chi connectivity index (χ4n) is 4.64. The Morgan fingerprint density at radius 2 is 1.84 bits per heavy atom. The Labute approximate surface area is 184 Å². The van der Waals surface area contributed by atoms with Crippen LogP contribution in [-0.2, 0) is 31.2 Å². The molecule has 2 aromatic rings. The average Bonchev–Trinajstić information content (AvgIpc) is 3.10. The van der Waals surface area contributed by atoms with E-state index in [0.717, 1.165) is 60.4 Å². The zero-order valence-electron chi connectivity index (χ0n) is 18.9. The minimum Gasteiger partial charge on any atom is -0.343 e. The molecular weight excluding hydrogens is 390 g/mol. The van der Waals surface area contributed by atoms with Gasteiger partial charge in [-0.2, -0.15) is 5.10 Å². The third-order valence-corrected chi connectivity index (χ3v) is 6.53. The van der Waals surface area contributed by atoms with E-state index in [4.69, 9.17) is 5.10 Å². The number of likely N-dealkylation sites (tertiary alicyclic amines) is 1. The van der Waals surface area contributed by atoms with E-state index in [2.05, 4.69) is 5.32 Å². The molecule has 0 radical (unpaired) electrons. The minimum absolute atomic E-state index is 0.0847. The number of hydrogen-bond acceptors (Lipinski definition) is 3. The van der Waals surface area contributed by atoms with E-state index in [-0.39, 0.29) is 11.9 Å². The highest BCUT2D eigenvalue weighted by molar-refractivity contribution is 5.90. The summed E-state index contributed by atoms with van der Waals surface area (Å²) in [6.07, 6.45) is 5.32. The quantitative estimate of drug-likeness (QED) is 0.817. The Morgan fingerprint density at radius 1 is 1.06 bits per heavy atom. The number of anilines is 1. The van der Waals surface area contributed by atoms with Crippen molar-refractivity contribution in [3.8, 4) is 0 Å². The van der Waals surface area contributed by atoms with Crippen LogP contribution < -0.4 is 5.32 Å². The number of urea groups is 1. The van der Waals surface area contributed by atoms with Crippen LogP contribution in [-0.4, -0.2) is 51.2 Å². The van der Waals surface area contributed by atoms with Crippen LogP contribution in [0.15, 0.2) is 18.2 Å². The molecule has 0 aliphatic carbocycles. The van der Waals surface area contributed by atoms with Gasteiger partial charge in [0.25, 0.3) is 0 Å². The van der Waals surface area contributed by atoms with Gasteiger partial charge in [-0.1, -0.05) is 12.1 Å². The van der Waals surface area contributed by atoms with Crippen molar-refractivity contribution in [1.29, 1.82) is 0 Å². The number of nitrogens with one attached hydrogen (secondary N) is 1. The first-order chi connectivity index (χ1) is 14.9. The van der Waals surface area contributed by atoms with Gasteiger partial charge in [0.15, 0.2) is 0 Å². The number of hydrogen-bond donors (Lipinski definition) is 1. The molecule has 0 spiro atoms. The number of fused-ring (bicyclic) bond motifs is 1. The molecule has 3 heterocycles. The van der Waals surface area contributed by atoms with Gasteiger partial charge >= 0.3 is 6.03 Å². The second-order valence-corrected chi connectivity index (χ2v) is 8.86. The SMILES string of the molecule is Cc1ccc(C)c(NC(=O)N2CCc3c(c(CCC(=O)N4CCCCC4)nn3C)C2)c1. The molecule has 1 aromatic carbocycles. The lowest BCUT2D eigenvalue weighted by molar-refractivity contribution is -0.132. The van der Waals surface area contributed by atoms with Gasteiger partial charge in [-0.15, -0.1) is 0 Å². The molecule has 31 heavy (non-hydrogen) atoms. The molecule has 2 aliphatic rings. The molecule has 7 nitrogen and oxygen atoms in total. The van der Waals surface area contributed by atoms with Crippen LogP contribution in [0.5, 0.6) is 0 Å². The van der Waals surface area contributed by atoms with Crippen molar-refractivity contribution >= 4 is 17.6 Å². The van der Waals surface area contributed by atoms with E-state index in [1.807, 2.05) is 53.6 Å². The number of rotatable bonds is 4. The highest BCUT2D eigenvalue weighted by Gasteiger charge is 2.27. The van der Waals surface area contributed by atoms with E-state index in [1.165, 1.54) is 12.1 Å². The van der Waals surface area contributed by atoms with Crippen molar-refractivity contribution < 1.29 is 9.59 Å². The summed E-state index contributed by atoms with van der Waals surface area (Å²) >= 11 is 0. The lowest BCUT2D eigenvalue weighted by Gasteiger charge is -2.28. The van der Waals surface area contributed by atoms with E-state index >= 15 is 0 Å². The number of amides is 3. The Morgan fingerprint density at radius 3 is 2.61 bits per heavy atom. The molecule has 0 atom stereocenters. The van der Waals surface area contributed by atoms with Crippen LogP contribution in [0.25, 0.3) is 0 Å². The van der Waals surface area contributed by atoms with E-state index in [9.17, 15) is 9.59 Å². The molecule has 0 saturated carbocycles. The van der Waals surface area contributed by atoms with Gasteiger partial charge in [0.05, 0.1) is 12.2 Å². The summed E-state index contributed by atoms with van der Waals surface area (Å²) in [7, 11) is 1.96. The summed E-state index contributed by atoms with van der Waals surface area (Å²) in [6.45, 7) is 6.98. The minimum atomic E-state index is -0.0847. The van der Waals surface area contributed by atoms with Crippen LogP contribution in [0.2, 0.25) is 0 Å². The number of aryl methyl sites for hydroxylation is 4. The van der Waals surface area contributed by atoms with Crippen LogP contribution >= 0.6 is 0 Å². The topological polar surface area (TPSA) is 70.5 Å². The number of carbonyl (C=O) groups is 2. The van der Waals surface area contributed by atoms with Gasteiger partial charge in [0.1, 0.15) is 0 Å². The number of aromatic nitrogens is 2. The lowest BCUT2D eigenvalue weighted by atomic mass is 10.0. The van der Waals surface area contributed by atoms with Crippen molar-refractivity contribution in [2.24, 2.45) is 7.05 Å². The van der Waals surface area contributed by atoms with Crippen molar-refractivity contribution in [2.75, 3.05) is 25.0 Å². The Bertz CT molecular complexity index is 975. The maximum atomic E-state index is 13.0. The van der Waals surface area contributed by atoms with Crippen LogP contribution in [0.1, 0.15) is 53.8 Å². The van der Waals surface area contributed by atoms with Crippen molar-refractivity contribution in [1.82, 2.24) is 19.6 Å². The van der Waals surface area contributed by atoms with E-state index < -0.39 is 0 Å². The summed E-state index contributed by atoms with van der Waals surface area (Å²) in [4.78, 5) is 29.4. The molecule has 1 aromatic heterocycles. The summed E-state index contributed by atoms with van der Waals surface area (Å²) < 4.78 is 1.93. The third kappa shape index (κ3) is 4.75. The summed E-state index contributed by atoms with van der Waals surface area (Å²) in [6, 6.07) is 5.99. The molecular formula is C24H33N5O2. The third-order valence-electron chi connectivity index (χ3n) is 6.53. The van der Waals surface area contributed by atoms with Gasteiger partial charge in [-0.25, -0.2) is 4.79 Å². The largest absolute Gasteiger partial charge is 0.343 e. The normalized spacial score (nSPS) is 16.2. The zero-order valence-corrected chi connectivity index (χ0v) is 18.9. The molecule has 0 unspecified atom stereocenters. The van der Waals surface area contributed by atoms with Gasteiger partial charge in [0, 0.05) is 62.9 Å². The van der Waals surface area contributed by atoms with Crippen molar-refractivity contribution in [3.63, 3.8) is 0 Å². The number of nitrogens with zero attached hydrogens (tertiary/aromatic N) is 4. The van der Waals surface area contributed by atoms with Gasteiger partial charge in [-0.3, -0.25) is 9.48 Å². The molecule has 166 valence electrons. The molecule has 1 saturated heterocycles. The molecule has 1 N–H and O–H groups in total. The molecule has 4 rings (SSSR count). The highest BCUT2D eigenvalue weighted by atomic mass is 16.2. The predicted octanol–water partition coefficient (Wildman–Crippen LogP) is 3.57. The van der Waals surface area contributed by atoms with Gasteiger partial charge < -0.3 is 15.1 Å². The molecule has 2 aliphatic heterocycles. The fraction of sp³-hybridized carbons (Fsp3) is 0.542. The second-order valence-electron chi connectivity index (χ2n) is 8.86. The maximum Gasteiger partial charge on any atom is 0.322 e. The first-order valence-corrected chi connectivity index (χ1v) is 11.4. The summed E-state index contributed by atoms with van der Waals surface area (Å²) in [5.74, 6) is 0.222. The molecule has 3 amide bonds. The monoisotopic (exact) mass is 423 g/mol. The number of benzene rings is 1. The van der Waals surface area contributed by atoms with Crippen LogP contribution in [0.3, 0.4) is 0 Å². The molecule has 0 bridgehead atoms. The van der Waals surface area contributed by atoms with Gasteiger partial charge in [-0.05, 0) is 50.3 Å². The summed E-state index contributed by atoms with van der Waals surface area (Å²) in [5, 5.41) is 7.77. The standard InChI is InChI=1S/C24H33N5O2/c1-17-7-8-18(2)21(15-17)25-24(31)29-14-11-22-19(16-29)20(26-27(22)3)9-10-23(30)28-12-5-4-6-13-28/h7-8,15H,4-6,9-14,16H2,1-3H3,(H,25,31). The fourth-order valence-corrected chi connectivity index (χ4v) is 4.64. The number of carbonyl (C=O) groups excluding carboxylic acids is 2. The van der Waals surface area contributed by atoms with Crippen molar-refractivity contribution in [2.45, 2.75) is 58.9 Å². The van der Waals surface area contributed by atoms with Crippen LogP contribution in [0.4, 0.5) is 10.5 Å². The maximum absolute atomic E-state index is 13.0. The zero-order chi connectivity index (χ0) is 22.0. The first-order valence-electron chi connectivity index (χ1n) is 11.4.